The first-order chi connectivity index (χ1) is 9.26. The highest BCUT2D eigenvalue weighted by molar-refractivity contribution is 7.12. The van der Waals surface area contributed by atoms with Gasteiger partial charge in [0.25, 0.3) is 5.91 Å². The van der Waals surface area contributed by atoms with Gasteiger partial charge in [0.15, 0.2) is 0 Å². The zero-order chi connectivity index (χ0) is 13.7. The number of hydrogen-bond acceptors (Lipinski definition) is 2. The molecule has 1 saturated carbocycles. The van der Waals surface area contributed by atoms with Crippen LogP contribution in [0.5, 0.6) is 0 Å². The van der Waals surface area contributed by atoms with Crippen molar-refractivity contribution in [2.45, 2.75) is 39.0 Å². The Morgan fingerprint density at radius 1 is 1.42 bits per heavy atom. The van der Waals surface area contributed by atoms with Gasteiger partial charge in [-0.3, -0.25) is 4.79 Å². The van der Waals surface area contributed by atoms with E-state index in [9.17, 15) is 4.79 Å². The van der Waals surface area contributed by atoms with E-state index in [-0.39, 0.29) is 5.91 Å². The highest BCUT2D eigenvalue weighted by Crippen LogP contribution is 2.30. The molecular formula is C15H22ClNOS. The molecule has 0 spiro atoms. The van der Waals surface area contributed by atoms with E-state index >= 15 is 0 Å². The molecule has 0 aromatic carbocycles. The lowest BCUT2D eigenvalue weighted by atomic mass is 9.80. The number of aryl methyl sites for hydroxylation is 1. The maximum absolute atomic E-state index is 12.2. The second-order valence-corrected chi connectivity index (χ2v) is 6.52. The summed E-state index contributed by atoms with van der Waals surface area (Å²) >= 11 is 7.56. The smallest absolute Gasteiger partial charge is 0.261 e. The van der Waals surface area contributed by atoms with Crippen LogP contribution in [0, 0.1) is 11.8 Å². The topological polar surface area (TPSA) is 29.1 Å². The van der Waals surface area contributed by atoms with Crippen molar-refractivity contribution >= 4 is 28.8 Å². The second-order valence-electron chi connectivity index (χ2n) is 5.30. The number of hydrogen-bond donors (Lipinski definition) is 1. The van der Waals surface area contributed by atoms with Gasteiger partial charge < -0.3 is 5.32 Å². The molecule has 0 aliphatic heterocycles. The first-order valence-corrected chi connectivity index (χ1v) is 8.58. The molecule has 1 heterocycles. The standard InChI is InChI=1S/C15H22ClNOS/c1-2-11-7-8-19-14(11)15(18)17-10-13-6-4-3-5-12(13)9-16/h7-8,12-13H,2-6,9-10H2,1H3,(H,17,18). The SMILES string of the molecule is CCc1ccsc1C(=O)NCC1CCCCC1CCl. The molecule has 0 bridgehead atoms. The number of nitrogens with one attached hydrogen (secondary N) is 1. The Morgan fingerprint density at radius 2 is 2.16 bits per heavy atom. The second kappa shape index (κ2) is 7.30. The van der Waals surface area contributed by atoms with Gasteiger partial charge in [-0.05, 0) is 48.1 Å². The van der Waals surface area contributed by atoms with Crippen LogP contribution in [0.25, 0.3) is 0 Å². The van der Waals surface area contributed by atoms with Gasteiger partial charge in [0.1, 0.15) is 0 Å². The molecule has 1 aromatic heterocycles. The summed E-state index contributed by atoms with van der Waals surface area (Å²) in [6.45, 7) is 2.86. The number of thiophene rings is 1. The van der Waals surface area contributed by atoms with Crippen molar-refractivity contribution in [3.05, 3.63) is 21.9 Å². The highest BCUT2D eigenvalue weighted by atomic mass is 35.5. The third-order valence-corrected chi connectivity index (χ3v) is 5.48. The first kappa shape index (κ1) is 14.9. The number of amides is 1. The molecule has 0 saturated heterocycles. The molecule has 4 heteroatoms. The maximum atomic E-state index is 12.2. The molecule has 1 aromatic rings. The lowest BCUT2D eigenvalue weighted by Gasteiger charge is -2.30. The van der Waals surface area contributed by atoms with Crippen LogP contribution in [0.3, 0.4) is 0 Å². The average molecular weight is 300 g/mol. The monoisotopic (exact) mass is 299 g/mol. The summed E-state index contributed by atoms with van der Waals surface area (Å²) in [7, 11) is 0. The van der Waals surface area contributed by atoms with Crippen LogP contribution in [0.15, 0.2) is 11.4 Å². The van der Waals surface area contributed by atoms with Crippen molar-refractivity contribution in [3.63, 3.8) is 0 Å². The molecule has 1 N–H and O–H groups in total. The van der Waals surface area contributed by atoms with Crippen molar-refractivity contribution < 1.29 is 4.79 Å². The number of alkyl halides is 1. The van der Waals surface area contributed by atoms with E-state index in [1.165, 1.54) is 37.0 Å². The number of rotatable bonds is 5. The fraction of sp³-hybridized carbons (Fsp3) is 0.667. The van der Waals surface area contributed by atoms with E-state index in [4.69, 9.17) is 11.6 Å². The fourth-order valence-electron chi connectivity index (χ4n) is 2.87. The van der Waals surface area contributed by atoms with Crippen LogP contribution in [-0.2, 0) is 6.42 Å². The zero-order valence-corrected chi connectivity index (χ0v) is 13.0. The fourth-order valence-corrected chi connectivity index (χ4v) is 4.19. The summed E-state index contributed by atoms with van der Waals surface area (Å²) in [5.74, 6) is 1.94. The summed E-state index contributed by atoms with van der Waals surface area (Å²) in [4.78, 5) is 13.1. The van der Waals surface area contributed by atoms with E-state index in [1.807, 2.05) is 11.4 Å². The van der Waals surface area contributed by atoms with Gasteiger partial charge in [-0.15, -0.1) is 22.9 Å². The molecule has 2 atom stereocenters. The Bertz CT molecular complexity index is 418. The van der Waals surface area contributed by atoms with Gasteiger partial charge in [-0.2, -0.15) is 0 Å². The Balaban J connectivity index is 1.89. The van der Waals surface area contributed by atoms with Crippen molar-refractivity contribution in [2.24, 2.45) is 11.8 Å². The molecule has 1 aliphatic carbocycles. The predicted molar refractivity (Wildman–Crippen MR) is 82.2 cm³/mol. The molecule has 2 unspecified atom stereocenters. The number of halogens is 1. The normalized spacial score (nSPS) is 23.3. The Kier molecular flexibility index (Phi) is 5.71. The summed E-state index contributed by atoms with van der Waals surface area (Å²) in [5, 5.41) is 5.10. The third kappa shape index (κ3) is 3.73. The van der Waals surface area contributed by atoms with Crippen LogP contribution in [0.2, 0.25) is 0 Å². The molecular weight excluding hydrogens is 278 g/mol. The van der Waals surface area contributed by atoms with Crippen molar-refractivity contribution in [2.75, 3.05) is 12.4 Å². The van der Waals surface area contributed by atoms with Crippen molar-refractivity contribution in [3.8, 4) is 0 Å². The van der Waals surface area contributed by atoms with E-state index in [0.717, 1.165) is 29.3 Å². The lowest BCUT2D eigenvalue weighted by molar-refractivity contribution is 0.0940. The minimum atomic E-state index is 0.0887. The largest absolute Gasteiger partial charge is 0.351 e. The molecule has 0 radical (unpaired) electrons. The molecule has 106 valence electrons. The van der Waals surface area contributed by atoms with Crippen LogP contribution in [0.1, 0.15) is 47.8 Å². The predicted octanol–water partition coefficient (Wildman–Crippen LogP) is 4.09. The zero-order valence-electron chi connectivity index (χ0n) is 11.5. The van der Waals surface area contributed by atoms with Gasteiger partial charge >= 0.3 is 0 Å². The van der Waals surface area contributed by atoms with E-state index in [1.54, 1.807) is 0 Å². The van der Waals surface area contributed by atoms with Gasteiger partial charge in [0.2, 0.25) is 0 Å². The number of carbonyl (C=O) groups is 1. The Labute approximate surface area is 124 Å². The van der Waals surface area contributed by atoms with E-state index in [0.29, 0.717) is 11.8 Å². The molecule has 1 amide bonds. The first-order valence-electron chi connectivity index (χ1n) is 7.16. The molecule has 1 fully saturated rings. The van der Waals surface area contributed by atoms with Crippen LogP contribution >= 0.6 is 22.9 Å². The summed E-state index contributed by atoms with van der Waals surface area (Å²) < 4.78 is 0. The van der Waals surface area contributed by atoms with Crippen molar-refractivity contribution in [1.29, 1.82) is 0 Å². The minimum Gasteiger partial charge on any atom is -0.351 e. The summed E-state index contributed by atoms with van der Waals surface area (Å²) in [5.41, 5.74) is 1.15. The van der Waals surface area contributed by atoms with E-state index in [2.05, 4.69) is 12.2 Å². The Morgan fingerprint density at radius 3 is 2.84 bits per heavy atom. The van der Waals surface area contributed by atoms with Crippen LogP contribution in [-0.4, -0.2) is 18.3 Å². The number of carbonyl (C=O) groups excluding carboxylic acids is 1. The van der Waals surface area contributed by atoms with Crippen molar-refractivity contribution in [1.82, 2.24) is 5.32 Å². The quantitative estimate of drug-likeness (QED) is 0.815. The minimum absolute atomic E-state index is 0.0887. The van der Waals surface area contributed by atoms with Gasteiger partial charge in [-0.25, -0.2) is 0 Å². The molecule has 1 aliphatic rings. The maximum Gasteiger partial charge on any atom is 0.261 e. The van der Waals surface area contributed by atoms with Gasteiger partial charge in [0, 0.05) is 12.4 Å². The molecule has 2 rings (SSSR count). The molecule has 2 nitrogen and oxygen atoms in total. The third-order valence-electron chi connectivity index (χ3n) is 4.12. The average Bonchev–Trinajstić information content (AvgIpc) is 2.93. The summed E-state index contributed by atoms with van der Waals surface area (Å²) in [6, 6.07) is 2.04. The summed E-state index contributed by atoms with van der Waals surface area (Å²) in [6.07, 6.45) is 5.88. The Hall–Kier alpha value is -0.540. The van der Waals surface area contributed by atoms with E-state index < -0.39 is 0 Å². The highest BCUT2D eigenvalue weighted by Gasteiger charge is 2.25. The molecule has 19 heavy (non-hydrogen) atoms. The van der Waals surface area contributed by atoms with Crippen LogP contribution < -0.4 is 5.32 Å². The van der Waals surface area contributed by atoms with Crippen LogP contribution in [0.4, 0.5) is 0 Å². The lowest BCUT2D eigenvalue weighted by Crippen LogP contribution is -2.34. The van der Waals surface area contributed by atoms with Gasteiger partial charge in [0.05, 0.1) is 4.88 Å². The van der Waals surface area contributed by atoms with Gasteiger partial charge in [-0.1, -0.05) is 19.8 Å².